The van der Waals surface area contributed by atoms with Crippen molar-refractivity contribution in [3.05, 3.63) is 21.9 Å². The van der Waals surface area contributed by atoms with Crippen molar-refractivity contribution in [2.75, 3.05) is 19.9 Å². The van der Waals surface area contributed by atoms with Gasteiger partial charge in [-0.3, -0.25) is 0 Å². The zero-order valence-corrected chi connectivity index (χ0v) is 11.6. The maximum atomic E-state index is 14.3. The van der Waals surface area contributed by atoms with Crippen LogP contribution in [0.15, 0.2) is 10.5 Å². The van der Waals surface area contributed by atoms with E-state index in [0.717, 1.165) is 36.8 Å². The lowest BCUT2D eigenvalue weighted by Gasteiger charge is -2.23. The molecular formula is C13H15BrFNO2. The van der Waals surface area contributed by atoms with Gasteiger partial charge >= 0.3 is 0 Å². The van der Waals surface area contributed by atoms with Gasteiger partial charge in [-0.05, 0) is 44.3 Å². The first-order chi connectivity index (χ1) is 8.75. The van der Waals surface area contributed by atoms with E-state index >= 15 is 0 Å². The quantitative estimate of drug-likeness (QED) is 0.910. The highest BCUT2D eigenvalue weighted by molar-refractivity contribution is 9.10. The van der Waals surface area contributed by atoms with Gasteiger partial charge in [-0.2, -0.15) is 0 Å². The molecule has 0 spiro atoms. The molecule has 1 aromatic rings. The Morgan fingerprint density at radius 1 is 1.33 bits per heavy atom. The predicted molar refractivity (Wildman–Crippen MR) is 69.5 cm³/mol. The van der Waals surface area contributed by atoms with Crippen LogP contribution in [0.5, 0.6) is 11.5 Å². The van der Waals surface area contributed by atoms with Crippen LogP contribution in [0.1, 0.15) is 18.4 Å². The highest BCUT2D eigenvalue weighted by Crippen LogP contribution is 2.41. The van der Waals surface area contributed by atoms with Crippen LogP contribution in [-0.2, 0) is 6.42 Å². The van der Waals surface area contributed by atoms with Crippen molar-refractivity contribution in [2.45, 2.75) is 19.3 Å². The smallest absolute Gasteiger partial charge is 0.231 e. The molecule has 98 valence electrons. The molecule has 3 rings (SSSR count). The number of hydrogen-bond donors (Lipinski definition) is 1. The molecule has 3 nitrogen and oxygen atoms in total. The van der Waals surface area contributed by atoms with E-state index in [0.29, 0.717) is 17.2 Å². The van der Waals surface area contributed by atoms with E-state index in [9.17, 15) is 4.39 Å². The molecule has 1 saturated heterocycles. The Bertz CT molecular complexity index is 461. The summed E-state index contributed by atoms with van der Waals surface area (Å²) in [4.78, 5) is 0. The Morgan fingerprint density at radius 2 is 2.11 bits per heavy atom. The third-order valence-corrected chi connectivity index (χ3v) is 4.31. The summed E-state index contributed by atoms with van der Waals surface area (Å²) >= 11 is 3.44. The van der Waals surface area contributed by atoms with Gasteiger partial charge in [-0.1, -0.05) is 15.9 Å². The minimum Gasteiger partial charge on any atom is -0.453 e. The molecular weight excluding hydrogens is 301 g/mol. The molecule has 0 atom stereocenters. The van der Waals surface area contributed by atoms with Crippen molar-refractivity contribution in [2.24, 2.45) is 5.92 Å². The standard InChI is InChI=1S/C13H15BrFNO2/c14-10-6-11-13(18-7-17-11)12(15)9(10)5-8-1-3-16-4-2-8/h6,8,16H,1-5,7H2. The van der Waals surface area contributed by atoms with Gasteiger partial charge < -0.3 is 14.8 Å². The van der Waals surface area contributed by atoms with E-state index in [4.69, 9.17) is 9.47 Å². The second-order valence-electron chi connectivity index (χ2n) is 4.78. The van der Waals surface area contributed by atoms with Crippen LogP contribution in [0.3, 0.4) is 0 Å². The van der Waals surface area contributed by atoms with Crippen LogP contribution in [0, 0.1) is 11.7 Å². The zero-order chi connectivity index (χ0) is 12.5. The highest BCUT2D eigenvalue weighted by Gasteiger charge is 2.25. The molecule has 1 fully saturated rings. The summed E-state index contributed by atoms with van der Waals surface area (Å²) in [6.45, 7) is 2.15. The SMILES string of the molecule is Fc1c(CC2CCNCC2)c(Br)cc2c1OCO2. The molecule has 0 saturated carbocycles. The molecule has 1 aromatic carbocycles. The maximum Gasteiger partial charge on any atom is 0.231 e. The summed E-state index contributed by atoms with van der Waals surface area (Å²) in [5.74, 6) is 1.03. The Kier molecular flexibility index (Phi) is 3.43. The van der Waals surface area contributed by atoms with Gasteiger partial charge in [-0.15, -0.1) is 0 Å². The largest absolute Gasteiger partial charge is 0.453 e. The third kappa shape index (κ3) is 2.21. The third-order valence-electron chi connectivity index (χ3n) is 3.60. The number of piperidine rings is 1. The average Bonchev–Trinajstić information content (AvgIpc) is 2.84. The van der Waals surface area contributed by atoms with Gasteiger partial charge in [0.05, 0.1) is 0 Å². The lowest BCUT2D eigenvalue weighted by atomic mass is 9.90. The lowest BCUT2D eigenvalue weighted by Crippen LogP contribution is -2.28. The summed E-state index contributed by atoms with van der Waals surface area (Å²) in [5.41, 5.74) is 0.714. The van der Waals surface area contributed by atoms with E-state index in [1.54, 1.807) is 0 Å². The fraction of sp³-hybridized carbons (Fsp3) is 0.538. The van der Waals surface area contributed by atoms with Gasteiger partial charge in [0.15, 0.2) is 11.6 Å². The van der Waals surface area contributed by atoms with E-state index in [-0.39, 0.29) is 18.4 Å². The monoisotopic (exact) mass is 315 g/mol. The van der Waals surface area contributed by atoms with E-state index in [1.807, 2.05) is 6.07 Å². The van der Waals surface area contributed by atoms with Crippen LogP contribution in [-0.4, -0.2) is 19.9 Å². The van der Waals surface area contributed by atoms with Crippen molar-refractivity contribution in [3.63, 3.8) is 0 Å². The summed E-state index contributed by atoms with van der Waals surface area (Å²) in [7, 11) is 0. The van der Waals surface area contributed by atoms with Crippen molar-refractivity contribution in [1.29, 1.82) is 0 Å². The Hall–Kier alpha value is -0.810. The van der Waals surface area contributed by atoms with Gasteiger partial charge in [0, 0.05) is 10.0 Å². The predicted octanol–water partition coefficient (Wildman–Crippen LogP) is 2.86. The Morgan fingerprint density at radius 3 is 2.89 bits per heavy atom. The van der Waals surface area contributed by atoms with Crippen molar-refractivity contribution < 1.29 is 13.9 Å². The highest BCUT2D eigenvalue weighted by atomic mass is 79.9. The molecule has 0 unspecified atom stereocenters. The molecule has 2 heterocycles. The fourth-order valence-electron chi connectivity index (χ4n) is 2.57. The Labute approximate surface area is 114 Å². The minimum atomic E-state index is -0.268. The van der Waals surface area contributed by atoms with E-state index in [2.05, 4.69) is 21.2 Å². The number of rotatable bonds is 2. The molecule has 18 heavy (non-hydrogen) atoms. The van der Waals surface area contributed by atoms with Crippen molar-refractivity contribution >= 4 is 15.9 Å². The molecule has 2 aliphatic heterocycles. The van der Waals surface area contributed by atoms with Crippen LogP contribution < -0.4 is 14.8 Å². The second kappa shape index (κ2) is 5.05. The van der Waals surface area contributed by atoms with Crippen molar-refractivity contribution in [1.82, 2.24) is 5.32 Å². The van der Waals surface area contributed by atoms with Crippen LogP contribution in [0.4, 0.5) is 4.39 Å². The van der Waals surface area contributed by atoms with Crippen LogP contribution in [0.2, 0.25) is 0 Å². The zero-order valence-electron chi connectivity index (χ0n) is 9.97. The Balaban J connectivity index is 1.87. The molecule has 0 bridgehead atoms. The summed E-state index contributed by atoms with van der Waals surface area (Å²) in [6.07, 6.45) is 2.95. The molecule has 0 amide bonds. The summed E-state index contributed by atoms with van der Waals surface area (Å²) < 4.78 is 25.5. The van der Waals surface area contributed by atoms with Crippen LogP contribution >= 0.6 is 15.9 Å². The first-order valence-corrected chi connectivity index (χ1v) is 7.02. The number of ether oxygens (including phenoxy) is 2. The second-order valence-corrected chi connectivity index (χ2v) is 5.64. The number of nitrogens with one attached hydrogen (secondary N) is 1. The minimum absolute atomic E-state index is 0.107. The molecule has 1 N–H and O–H groups in total. The van der Waals surface area contributed by atoms with E-state index < -0.39 is 0 Å². The summed E-state index contributed by atoms with van der Waals surface area (Å²) in [5, 5.41) is 3.32. The van der Waals surface area contributed by atoms with Gasteiger partial charge in [0.2, 0.25) is 12.5 Å². The van der Waals surface area contributed by atoms with E-state index in [1.165, 1.54) is 0 Å². The first-order valence-electron chi connectivity index (χ1n) is 6.23. The molecule has 2 aliphatic rings. The number of benzene rings is 1. The van der Waals surface area contributed by atoms with Gasteiger partial charge in [0.25, 0.3) is 0 Å². The first kappa shape index (κ1) is 12.2. The average molecular weight is 316 g/mol. The summed E-state index contributed by atoms with van der Waals surface area (Å²) in [6, 6.07) is 1.81. The van der Waals surface area contributed by atoms with Crippen molar-refractivity contribution in [3.8, 4) is 11.5 Å². The maximum absolute atomic E-state index is 14.3. The lowest BCUT2D eigenvalue weighted by molar-refractivity contribution is 0.170. The molecule has 0 aromatic heterocycles. The fourth-order valence-corrected chi connectivity index (χ4v) is 3.12. The molecule has 0 radical (unpaired) electrons. The van der Waals surface area contributed by atoms with Gasteiger partial charge in [-0.25, -0.2) is 4.39 Å². The normalized spacial score (nSPS) is 19.2. The molecule has 0 aliphatic carbocycles. The van der Waals surface area contributed by atoms with Crippen LogP contribution in [0.25, 0.3) is 0 Å². The van der Waals surface area contributed by atoms with Gasteiger partial charge in [0.1, 0.15) is 0 Å². The number of halogens is 2. The number of hydrogen-bond acceptors (Lipinski definition) is 3. The topological polar surface area (TPSA) is 30.5 Å². The molecule has 5 heteroatoms. The number of fused-ring (bicyclic) bond motifs is 1.